The molecule has 0 unspecified atom stereocenters. The summed E-state index contributed by atoms with van der Waals surface area (Å²) in [5, 5.41) is 12.1. The fourth-order valence-electron chi connectivity index (χ4n) is 3.98. The molecule has 0 aliphatic carbocycles. The van der Waals surface area contributed by atoms with Gasteiger partial charge in [0.2, 0.25) is 0 Å². The number of carbonyl (C=O) groups is 1. The number of nitrogens with zero attached hydrogens (tertiary/aromatic N) is 4. The molecule has 7 nitrogen and oxygen atoms in total. The Balaban J connectivity index is 0.00000225. The van der Waals surface area contributed by atoms with Gasteiger partial charge in [-0.25, -0.2) is 0 Å². The molecule has 0 bridgehead atoms. The van der Waals surface area contributed by atoms with Gasteiger partial charge >= 0.3 is 0 Å². The van der Waals surface area contributed by atoms with E-state index in [1.807, 2.05) is 36.9 Å². The van der Waals surface area contributed by atoms with Crippen molar-refractivity contribution in [1.29, 1.82) is 0 Å². The number of fused-ring (bicyclic) bond motifs is 1. The second-order valence-corrected chi connectivity index (χ2v) is 7.28. The van der Waals surface area contributed by atoms with Crippen molar-refractivity contribution < 1.29 is 9.53 Å². The van der Waals surface area contributed by atoms with Crippen LogP contribution in [-0.4, -0.2) is 51.8 Å². The molecule has 1 fully saturated rings. The highest BCUT2D eigenvalue weighted by Gasteiger charge is 2.29. The van der Waals surface area contributed by atoms with Crippen LogP contribution in [0.3, 0.4) is 0 Å². The number of ether oxygens (including phenoxy) is 1. The van der Waals surface area contributed by atoms with E-state index < -0.39 is 0 Å². The molecule has 0 spiro atoms. The summed E-state index contributed by atoms with van der Waals surface area (Å²) in [6, 6.07) is 5.73. The number of carbonyl (C=O) groups excluding carboxylic acids is 1. The van der Waals surface area contributed by atoms with Crippen molar-refractivity contribution in [2.45, 2.75) is 45.7 Å². The van der Waals surface area contributed by atoms with Gasteiger partial charge in [-0.2, -0.15) is 0 Å². The first kappa shape index (κ1) is 20.6. The third kappa shape index (κ3) is 4.00. The van der Waals surface area contributed by atoms with E-state index in [-0.39, 0.29) is 18.3 Å². The van der Waals surface area contributed by atoms with Crippen molar-refractivity contribution >= 4 is 18.3 Å². The fraction of sp³-hybridized carbons (Fsp3) is 0.550. The van der Waals surface area contributed by atoms with Crippen LogP contribution < -0.4 is 10.1 Å². The SMILES string of the molecule is CCOc1cc(C(=O)N2CCC(c3nnc4n3CCNC4)CC2)ccc1C.Cl. The number of piperidine rings is 1. The molecule has 8 heteroatoms. The number of likely N-dealkylation sites (tertiary alicyclic amines) is 1. The molecule has 2 aliphatic rings. The normalized spacial score (nSPS) is 17.0. The Bertz CT molecular complexity index is 830. The van der Waals surface area contributed by atoms with E-state index >= 15 is 0 Å². The number of benzene rings is 1. The summed E-state index contributed by atoms with van der Waals surface area (Å²) >= 11 is 0. The van der Waals surface area contributed by atoms with Gasteiger partial charge in [0.15, 0.2) is 0 Å². The smallest absolute Gasteiger partial charge is 0.253 e. The molecule has 3 heterocycles. The Morgan fingerprint density at radius 1 is 1.25 bits per heavy atom. The van der Waals surface area contributed by atoms with Crippen molar-refractivity contribution in [2.75, 3.05) is 26.2 Å². The van der Waals surface area contributed by atoms with Crippen LogP contribution >= 0.6 is 12.4 Å². The Labute approximate surface area is 171 Å². The van der Waals surface area contributed by atoms with Gasteiger partial charge in [-0.1, -0.05) is 6.07 Å². The zero-order chi connectivity index (χ0) is 18.8. The number of nitrogens with one attached hydrogen (secondary N) is 1. The van der Waals surface area contributed by atoms with E-state index in [4.69, 9.17) is 4.74 Å². The van der Waals surface area contributed by atoms with E-state index in [0.29, 0.717) is 18.1 Å². The van der Waals surface area contributed by atoms with Crippen molar-refractivity contribution in [2.24, 2.45) is 0 Å². The topological polar surface area (TPSA) is 72.3 Å². The van der Waals surface area contributed by atoms with Crippen LogP contribution in [0.2, 0.25) is 0 Å². The van der Waals surface area contributed by atoms with Crippen molar-refractivity contribution in [3.8, 4) is 5.75 Å². The highest BCUT2D eigenvalue weighted by Crippen LogP contribution is 2.29. The van der Waals surface area contributed by atoms with Crippen molar-refractivity contribution in [1.82, 2.24) is 25.0 Å². The maximum absolute atomic E-state index is 12.9. The number of hydrogen-bond donors (Lipinski definition) is 1. The third-order valence-electron chi connectivity index (χ3n) is 5.53. The standard InChI is InChI=1S/C20H27N5O2.ClH/c1-3-27-17-12-16(5-4-14(17)2)20(26)24-9-6-15(7-10-24)19-23-22-18-13-21-8-11-25(18)19;/h4-5,12,15,21H,3,6-11,13H2,1-2H3;1H. The molecule has 1 aromatic heterocycles. The van der Waals surface area contributed by atoms with Crippen LogP contribution in [0.5, 0.6) is 5.75 Å². The molecule has 152 valence electrons. The molecule has 0 radical (unpaired) electrons. The van der Waals surface area contributed by atoms with Gasteiger partial charge in [0.1, 0.15) is 17.4 Å². The van der Waals surface area contributed by atoms with Gasteiger partial charge < -0.3 is 19.5 Å². The van der Waals surface area contributed by atoms with Crippen molar-refractivity contribution in [3.05, 3.63) is 41.0 Å². The molecule has 1 aromatic carbocycles. The first-order valence-corrected chi connectivity index (χ1v) is 9.82. The largest absolute Gasteiger partial charge is 0.494 e. The number of aryl methyl sites for hydroxylation is 1. The highest BCUT2D eigenvalue weighted by molar-refractivity contribution is 5.94. The molecule has 28 heavy (non-hydrogen) atoms. The molecule has 2 aromatic rings. The van der Waals surface area contributed by atoms with Crippen LogP contribution in [0.1, 0.15) is 53.3 Å². The number of rotatable bonds is 4. The second kappa shape index (κ2) is 8.92. The minimum Gasteiger partial charge on any atom is -0.494 e. The number of hydrogen-bond acceptors (Lipinski definition) is 5. The first-order valence-electron chi connectivity index (χ1n) is 9.82. The van der Waals surface area contributed by atoms with Crippen LogP contribution in [-0.2, 0) is 13.1 Å². The van der Waals surface area contributed by atoms with Gasteiger partial charge in [0, 0.05) is 37.7 Å². The highest BCUT2D eigenvalue weighted by atomic mass is 35.5. The number of amides is 1. The lowest BCUT2D eigenvalue weighted by Crippen LogP contribution is -2.39. The lowest BCUT2D eigenvalue weighted by atomic mass is 9.95. The average molecular weight is 406 g/mol. The minimum atomic E-state index is 0. The summed E-state index contributed by atoms with van der Waals surface area (Å²) in [7, 11) is 0. The monoisotopic (exact) mass is 405 g/mol. The fourth-order valence-corrected chi connectivity index (χ4v) is 3.98. The molecule has 4 rings (SSSR count). The molecule has 0 atom stereocenters. The van der Waals surface area contributed by atoms with Crippen LogP contribution in [0, 0.1) is 6.92 Å². The van der Waals surface area contributed by atoms with Crippen LogP contribution in [0.15, 0.2) is 18.2 Å². The lowest BCUT2D eigenvalue weighted by molar-refractivity contribution is 0.0709. The summed E-state index contributed by atoms with van der Waals surface area (Å²) < 4.78 is 7.90. The average Bonchev–Trinajstić information content (AvgIpc) is 3.14. The molecule has 1 N–H and O–H groups in total. The zero-order valence-corrected chi connectivity index (χ0v) is 17.3. The van der Waals surface area contributed by atoms with Gasteiger partial charge in [-0.05, 0) is 44.4 Å². The molecule has 1 amide bonds. The second-order valence-electron chi connectivity index (χ2n) is 7.28. The van der Waals surface area contributed by atoms with Crippen LogP contribution in [0.4, 0.5) is 0 Å². The molecular formula is C20H28ClN5O2. The van der Waals surface area contributed by atoms with E-state index in [2.05, 4.69) is 20.1 Å². The van der Waals surface area contributed by atoms with Gasteiger partial charge in [0.25, 0.3) is 5.91 Å². The predicted molar refractivity (Wildman–Crippen MR) is 109 cm³/mol. The summed E-state index contributed by atoms with van der Waals surface area (Å²) in [5.41, 5.74) is 1.76. The summed E-state index contributed by atoms with van der Waals surface area (Å²) in [5.74, 6) is 3.37. The minimum absolute atomic E-state index is 0. The van der Waals surface area contributed by atoms with E-state index in [0.717, 1.165) is 68.5 Å². The summed E-state index contributed by atoms with van der Waals surface area (Å²) in [6.45, 7) is 8.74. The summed E-state index contributed by atoms with van der Waals surface area (Å²) in [4.78, 5) is 14.9. The maximum atomic E-state index is 12.9. The van der Waals surface area contributed by atoms with Gasteiger partial charge in [-0.3, -0.25) is 4.79 Å². The lowest BCUT2D eigenvalue weighted by Gasteiger charge is -2.32. The Kier molecular flexibility index (Phi) is 6.57. The first-order chi connectivity index (χ1) is 13.2. The molecule has 2 aliphatic heterocycles. The Morgan fingerprint density at radius 3 is 2.79 bits per heavy atom. The molecule has 1 saturated heterocycles. The van der Waals surface area contributed by atoms with E-state index in [1.54, 1.807) is 0 Å². The third-order valence-corrected chi connectivity index (χ3v) is 5.53. The summed E-state index contributed by atoms with van der Waals surface area (Å²) in [6.07, 6.45) is 1.86. The Morgan fingerprint density at radius 2 is 2.04 bits per heavy atom. The zero-order valence-electron chi connectivity index (χ0n) is 16.5. The Hall–Kier alpha value is -2.12. The molecule has 0 saturated carbocycles. The number of halogens is 1. The van der Waals surface area contributed by atoms with E-state index in [9.17, 15) is 4.79 Å². The molecular weight excluding hydrogens is 378 g/mol. The van der Waals surface area contributed by atoms with Gasteiger partial charge in [0.05, 0.1) is 13.2 Å². The maximum Gasteiger partial charge on any atom is 0.253 e. The van der Waals surface area contributed by atoms with Crippen molar-refractivity contribution in [3.63, 3.8) is 0 Å². The quantitative estimate of drug-likeness (QED) is 0.846. The predicted octanol–water partition coefficient (Wildman–Crippen LogP) is 2.53. The van der Waals surface area contributed by atoms with Crippen LogP contribution in [0.25, 0.3) is 0 Å². The van der Waals surface area contributed by atoms with E-state index in [1.165, 1.54) is 0 Å². The van der Waals surface area contributed by atoms with Gasteiger partial charge in [-0.15, -0.1) is 22.6 Å². The number of aromatic nitrogens is 3.